The topological polar surface area (TPSA) is 147 Å². The highest BCUT2D eigenvalue weighted by molar-refractivity contribution is 8.12. The fourth-order valence-corrected chi connectivity index (χ4v) is 1.01. The van der Waals surface area contributed by atoms with Gasteiger partial charge in [0, 0.05) is 11.9 Å². The van der Waals surface area contributed by atoms with Crippen molar-refractivity contribution < 1.29 is 9.59 Å². The molecule has 0 atom stereocenters. The SMILES string of the molecule is N=C(N)SN=C1C(=O)NC(=O)N=C1N. The van der Waals surface area contributed by atoms with Crippen LogP contribution in [0.4, 0.5) is 4.79 Å². The highest BCUT2D eigenvalue weighted by Crippen LogP contribution is 2.02. The van der Waals surface area contributed by atoms with Crippen molar-refractivity contribution >= 4 is 40.6 Å². The number of nitrogens with zero attached hydrogens (tertiary/aromatic N) is 2. The zero-order valence-corrected chi connectivity index (χ0v) is 7.59. The monoisotopic (exact) mass is 214 g/mol. The number of hydrogen-bond acceptors (Lipinski definition) is 6. The molecule has 0 fully saturated rings. The van der Waals surface area contributed by atoms with Gasteiger partial charge >= 0.3 is 6.03 Å². The summed E-state index contributed by atoms with van der Waals surface area (Å²) in [6.07, 6.45) is 0. The maximum Gasteiger partial charge on any atom is 0.349 e. The summed E-state index contributed by atoms with van der Waals surface area (Å²) in [7, 11) is 0. The normalized spacial score (nSPS) is 19.1. The van der Waals surface area contributed by atoms with Crippen LogP contribution in [0.25, 0.3) is 0 Å². The minimum absolute atomic E-state index is 0.218. The van der Waals surface area contributed by atoms with Crippen LogP contribution >= 0.6 is 11.9 Å². The highest BCUT2D eigenvalue weighted by atomic mass is 32.2. The van der Waals surface area contributed by atoms with Gasteiger partial charge in [-0.25, -0.2) is 4.79 Å². The van der Waals surface area contributed by atoms with Gasteiger partial charge in [-0.05, 0) is 0 Å². The predicted molar refractivity (Wildman–Crippen MR) is 52.1 cm³/mol. The molecule has 0 aromatic carbocycles. The zero-order valence-electron chi connectivity index (χ0n) is 6.77. The molecule has 0 aromatic heterocycles. The molecule has 0 saturated carbocycles. The molecule has 14 heavy (non-hydrogen) atoms. The van der Waals surface area contributed by atoms with E-state index >= 15 is 0 Å². The molecule has 0 unspecified atom stereocenters. The van der Waals surface area contributed by atoms with Crippen molar-refractivity contribution in [2.24, 2.45) is 20.9 Å². The van der Waals surface area contributed by atoms with Crippen molar-refractivity contribution in [2.75, 3.05) is 0 Å². The second kappa shape index (κ2) is 3.87. The molecule has 6 N–H and O–H groups in total. The molecule has 0 spiro atoms. The van der Waals surface area contributed by atoms with E-state index in [0.29, 0.717) is 11.9 Å². The molecule has 1 aliphatic heterocycles. The van der Waals surface area contributed by atoms with Crippen LogP contribution in [0, 0.1) is 5.41 Å². The lowest BCUT2D eigenvalue weighted by atomic mass is 10.3. The number of nitrogens with one attached hydrogen (secondary N) is 2. The molecule has 0 bridgehead atoms. The summed E-state index contributed by atoms with van der Waals surface area (Å²) in [5, 5.41) is 8.43. The molecule has 9 heteroatoms. The van der Waals surface area contributed by atoms with E-state index in [1.165, 1.54) is 0 Å². The molecule has 1 heterocycles. The average molecular weight is 214 g/mol. The minimum atomic E-state index is -0.834. The average Bonchev–Trinajstić information content (AvgIpc) is 2.01. The van der Waals surface area contributed by atoms with E-state index in [9.17, 15) is 9.59 Å². The molecule has 8 nitrogen and oxygen atoms in total. The van der Waals surface area contributed by atoms with Crippen LogP contribution in [0.1, 0.15) is 0 Å². The van der Waals surface area contributed by atoms with E-state index in [0.717, 1.165) is 0 Å². The number of carbonyl (C=O) groups is 2. The predicted octanol–water partition coefficient (Wildman–Crippen LogP) is -1.42. The van der Waals surface area contributed by atoms with Crippen LogP contribution < -0.4 is 16.8 Å². The van der Waals surface area contributed by atoms with E-state index in [1.54, 1.807) is 0 Å². The quantitative estimate of drug-likeness (QED) is 0.240. The van der Waals surface area contributed by atoms with Gasteiger partial charge in [-0.2, -0.15) is 9.39 Å². The molecular formula is C5H6N6O2S. The van der Waals surface area contributed by atoms with Gasteiger partial charge in [0.1, 0.15) is 0 Å². The van der Waals surface area contributed by atoms with Gasteiger partial charge in [0.25, 0.3) is 5.91 Å². The van der Waals surface area contributed by atoms with E-state index < -0.39 is 11.9 Å². The smallest absolute Gasteiger partial charge is 0.349 e. The largest absolute Gasteiger partial charge is 0.382 e. The van der Waals surface area contributed by atoms with E-state index in [2.05, 4.69) is 9.39 Å². The first-order chi connectivity index (χ1) is 6.50. The van der Waals surface area contributed by atoms with Crippen molar-refractivity contribution in [3.05, 3.63) is 0 Å². The summed E-state index contributed by atoms with van der Waals surface area (Å²) >= 11 is 0.563. The van der Waals surface area contributed by atoms with Crippen molar-refractivity contribution in [1.29, 1.82) is 5.41 Å². The molecule has 0 radical (unpaired) electrons. The Kier molecular flexibility index (Phi) is 2.82. The van der Waals surface area contributed by atoms with Gasteiger partial charge in [0.05, 0.1) is 0 Å². The number of imide groups is 1. The van der Waals surface area contributed by atoms with Crippen LogP contribution in [0.15, 0.2) is 9.39 Å². The lowest BCUT2D eigenvalue weighted by Gasteiger charge is -2.09. The summed E-state index contributed by atoms with van der Waals surface area (Å²) in [5.74, 6) is -1.04. The summed E-state index contributed by atoms with van der Waals surface area (Å²) in [4.78, 5) is 25.0. The lowest BCUT2D eigenvalue weighted by molar-refractivity contribution is -0.113. The first-order valence-corrected chi connectivity index (χ1v) is 4.07. The highest BCUT2D eigenvalue weighted by Gasteiger charge is 2.24. The summed E-state index contributed by atoms with van der Waals surface area (Å²) in [5.41, 5.74) is 10.0. The first kappa shape index (κ1) is 10.2. The van der Waals surface area contributed by atoms with Crippen LogP contribution in [-0.2, 0) is 4.79 Å². The van der Waals surface area contributed by atoms with Crippen molar-refractivity contribution in [1.82, 2.24) is 5.32 Å². The molecule has 3 amide bonds. The number of hydrogen-bond donors (Lipinski definition) is 4. The molecule has 0 saturated heterocycles. The number of urea groups is 1. The van der Waals surface area contributed by atoms with Crippen molar-refractivity contribution in [3.63, 3.8) is 0 Å². The second-order valence-electron chi connectivity index (χ2n) is 2.15. The van der Waals surface area contributed by atoms with Crippen LogP contribution in [-0.4, -0.2) is 28.7 Å². The summed E-state index contributed by atoms with van der Waals surface area (Å²) in [6, 6.07) is -0.834. The van der Waals surface area contributed by atoms with Gasteiger partial charge in [-0.3, -0.25) is 15.5 Å². The van der Waals surface area contributed by atoms with Gasteiger partial charge in [0.15, 0.2) is 16.7 Å². The standard InChI is InChI=1S/C5H6N6O2S/c6-2-1(11-14-4(7)8)3(12)10-5(13)9-2/h(H3,7,8)(H3,6,9,10,12,13). The number of nitrogens with two attached hydrogens (primary N) is 2. The summed E-state index contributed by atoms with van der Waals surface area (Å²) < 4.78 is 3.54. The number of amidine groups is 2. The Balaban J connectivity index is 2.92. The maximum absolute atomic E-state index is 11.1. The number of amides is 3. The summed E-state index contributed by atoms with van der Waals surface area (Å²) in [6.45, 7) is 0. The molecule has 1 aliphatic rings. The molecule has 1 rings (SSSR count). The first-order valence-electron chi connectivity index (χ1n) is 3.29. The van der Waals surface area contributed by atoms with Crippen molar-refractivity contribution in [2.45, 2.75) is 0 Å². The van der Waals surface area contributed by atoms with E-state index in [4.69, 9.17) is 16.9 Å². The third-order valence-corrected chi connectivity index (χ3v) is 1.61. The Morgan fingerprint density at radius 2 is 2.21 bits per heavy atom. The van der Waals surface area contributed by atoms with E-state index in [-0.39, 0.29) is 16.7 Å². The van der Waals surface area contributed by atoms with Gasteiger partial charge in [0.2, 0.25) is 0 Å². The Hall–Kier alpha value is -1.90. The molecule has 74 valence electrons. The molecular weight excluding hydrogens is 208 g/mol. The molecule has 0 aromatic rings. The van der Waals surface area contributed by atoms with Gasteiger partial charge in [-0.15, -0.1) is 0 Å². The van der Waals surface area contributed by atoms with Crippen LogP contribution in [0.2, 0.25) is 0 Å². The fourth-order valence-electron chi connectivity index (χ4n) is 0.646. The Morgan fingerprint density at radius 3 is 2.71 bits per heavy atom. The van der Waals surface area contributed by atoms with Gasteiger partial charge < -0.3 is 11.5 Å². The fraction of sp³-hybridized carbons (Fsp3) is 0. The van der Waals surface area contributed by atoms with Crippen LogP contribution in [0.3, 0.4) is 0 Å². The lowest BCUT2D eigenvalue weighted by Crippen LogP contribution is -2.46. The number of carbonyl (C=O) groups excluding carboxylic acids is 2. The minimum Gasteiger partial charge on any atom is -0.382 e. The number of aliphatic imine (C=N–C) groups is 1. The number of rotatable bonds is 1. The third kappa shape index (κ3) is 2.29. The van der Waals surface area contributed by atoms with Crippen LogP contribution in [0.5, 0.6) is 0 Å². The maximum atomic E-state index is 11.1. The second-order valence-corrected chi connectivity index (χ2v) is 2.96. The molecule has 0 aliphatic carbocycles. The van der Waals surface area contributed by atoms with Gasteiger partial charge in [-0.1, -0.05) is 0 Å². The third-order valence-electron chi connectivity index (χ3n) is 1.14. The van der Waals surface area contributed by atoms with Crippen molar-refractivity contribution in [3.8, 4) is 0 Å². The van der Waals surface area contributed by atoms with E-state index in [1.807, 2.05) is 5.32 Å². The Labute approximate surface area is 82.5 Å². The zero-order chi connectivity index (χ0) is 10.7. The Morgan fingerprint density at radius 1 is 1.57 bits per heavy atom. The Bertz CT molecular complexity index is 372.